The fourth-order valence-corrected chi connectivity index (χ4v) is 3.97. The summed E-state index contributed by atoms with van der Waals surface area (Å²) in [6, 6.07) is 24.0. The van der Waals surface area contributed by atoms with Gasteiger partial charge in [0.2, 0.25) is 0 Å². The lowest BCUT2D eigenvalue weighted by Gasteiger charge is -2.11. The van der Waals surface area contributed by atoms with Crippen LogP contribution in [0.1, 0.15) is 40.2 Å². The van der Waals surface area contributed by atoms with E-state index in [9.17, 15) is 4.79 Å². The van der Waals surface area contributed by atoms with Crippen LogP contribution in [0, 0.1) is 13.8 Å². The predicted octanol–water partition coefficient (Wildman–Crippen LogP) is 5.48. The third-order valence-corrected chi connectivity index (χ3v) is 5.82. The molecule has 3 aromatic carbocycles. The van der Waals surface area contributed by atoms with E-state index >= 15 is 0 Å². The van der Waals surface area contributed by atoms with Crippen molar-refractivity contribution < 1.29 is 9.53 Å². The van der Waals surface area contributed by atoms with Crippen molar-refractivity contribution in [2.24, 2.45) is 0 Å². The van der Waals surface area contributed by atoms with Crippen molar-refractivity contribution in [2.75, 3.05) is 13.2 Å². The molecular formula is C28H31N3O2. The Kier molecular flexibility index (Phi) is 7.40. The molecule has 5 heteroatoms. The molecule has 1 N–H and O–H groups in total. The van der Waals surface area contributed by atoms with Crippen molar-refractivity contribution in [2.45, 2.75) is 39.7 Å². The zero-order valence-electron chi connectivity index (χ0n) is 19.4. The molecule has 0 spiro atoms. The smallest absolute Gasteiger partial charge is 0.251 e. The maximum absolute atomic E-state index is 12.5. The summed E-state index contributed by atoms with van der Waals surface area (Å²) in [6.07, 6.45) is 2.64. The molecule has 0 saturated carbocycles. The number of unbranched alkanes of at least 4 members (excludes halogenated alkanes) is 1. The molecule has 0 aliphatic carbocycles. The van der Waals surface area contributed by atoms with Crippen molar-refractivity contribution in [1.29, 1.82) is 0 Å². The zero-order chi connectivity index (χ0) is 23.0. The van der Waals surface area contributed by atoms with Gasteiger partial charge < -0.3 is 14.6 Å². The number of nitrogens with zero attached hydrogens (tertiary/aromatic N) is 2. The molecular weight excluding hydrogens is 410 g/mol. The average Bonchev–Trinajstić information content (AvgIpc) is 3.17. The van der Waals surface area contributed by atoms with Gasteiger partial charge in [0.15, 0.2) is 0 Å². The van der Waals surface area contributed by atoms with Gasteiger partial charge in [-0.2, -0.15) is 0 Å². The molecule has 4 rings (SSSR count). The van der Waals surface area contributed by atoms with Crippen LogP contribution in [0.25, 0.3) is 11.0 Å². The predicted molar refractivity (Wildman–Crippen MR) is 133 cm³/mol. The van der Waals surface area contributed by atoms with Gasteiger partial charge in [0.25, 0.3) is 5.91 Å². The first-order valence-electron chi connectivity index (χ1n) is 11.6. The van der Waals surface area contributed by atoms with Crippen LogP contribution in [-0.2, 0) is 13.0 Å². The second-order valence-electron chi connectivity index (χ2n) is 8.36. The van der Waals surface area contributed by atoms with Crippen LogP contribution >= 0.6 is 0 Å². The van der Waals surface area contributed by atoms with E-state index in [-0.39, 0.29) is 5.91 Å². The van der Waals surface area contributed by atoms with E-state index in [4.69, 9.17) is 9.72 Å². The van der Waals surface area contributed by atoms with Crippen LogP contribution in [-0.4, -0.2) is 28.6 Å². The molecule has 0 atom stereocenters. The van der Waals surface area contributed by atoms with Crippen LogP contribution in [0.15, 0.2) is 72.8 Å². The molecule has 4 aromatic rings. The van der Waals surface area contributed by atoms with Crippen molar-refractivity contribution in [3.8, 4) is 5.75 Å². The zero-order valence-corrected chi connectivity index (χ0v) is 19.4. The number of hydrogen-bond donors (Lipinski definition) is 1. The minimum absolute atomic E-state index is 0.0379. The number of aromatic nitrogens is 2. The quantitative estimate of drug-likeness (QED) is 0.331. The lowest BCUT2D eigenvalue weighted by molar-refractivity contribution is 0.0953. The van der Waals surface area contributed by atoms with Crippen LogP contribution in [0.2, 0.25) is 0 Å². The lowest BCUT2D eigenvalue weighted by Crippen LogP contribution is -2.27. The number of rotatable bonds is 10. The number of aryl methyl sites for hydroxylation is 3. The number of para-hydroxylation sites is 2. The van der Waals surface area contributed by atoms with E-state index in [1.165, 1.54) is 5.56 Å². The molecule has 0 aliphatic rings. The second kappa shape index (κ2) is 10.8. The number of carbonyl (C=O) groups excluding carboxylic acids is 1. The molecule has 170 valence electrons. The van der Waals surface area contributed by atoms with Crippen LogP contribution in [0.5, 0.6) is 5.75 Å². The SMILES string of the molecule is Cc1ccc(OCCCCn2c(CCNC(=O)c3ccccc3C)nc3ccccc32)cc1. The maximum Gasteiger partial charge on any atom is 0.251 e. The molecule has 33 heavy (non-hydrogen) atoms. The van der Waals surface area contributed by atoms with E-state index in [1.807, 2.05) is 61.5 Å². The van der Waals surface area contributed by atoms with Gasteiger partial charge in [-0.3, -0.25) is 4.79 Å². The van der Waals surface area contributed by atoms with Gasteiger partial charge in [-0.25, -0.2) is 4.98 Å². The van der Waals surface area contributed by atoms with Gasteiger partial charge in [-0.1, -0.05) is 48.0 Å². The molecule has 0 saturated heterocycles. The first-order valence-corrected chi connectivity index (χ1v) is 11.6. The minimum Gasteiger partial charge on any atom is -0.494 e. The second-order valence-corrected chi connectivity index (χ2v) is 8.36. The highest BCUT2D eigenvalue weighted by Crippen LogP contribution is 2.18. The summed E-state index contributed by atoms with van der Waals surface area (Å²) in [6.45, 7) is 6.14. The summed E-state index contributed by atoms with van der Waals surface area (Å²) in [5.41, 5.74) is 5.07. The Morgan fingerprint density at radius 3 is 2.52 bits per heavy atom. The van der Waals surface area contributed by atoms with Gasteiger partial charge in [-0.05, 0) is 62.6 Å². The normalized spacial score (nSPS) is 11.0. The molecule has 0 bridgehead atoms. The Morgan fingerprint density at radius 1 is 0.939 bits per heavy atom. The number of nitrogens with one attached hydrogen (secondary N) is 1. The van der Waals surface area contributed by atoms with Crippen molar-refractivity contribution in [3.05, 3.63) is 95.3 Å². The molecule has 0 unspecified atom stereocenters. The number of fused-ring (bicyclic) bond motifs is 1. The summed E-state index contributed by atoms with van der Waals surface area (Å²) < 4.78 is 8.15. The molecule has 5 nitrogen and oxygen atoms in total. The summed E-state index contributed by atoms with van der Waals surface area (Å²) in [5, 5.41) is 3.05. The molecule has 0 fully saturated rings. The van der Waals surface area contributed by atoms with Gasteiger partial charge >= 0.3 is 0 Å². The Labute approximate surface area is 195 Å². The largest absolute Gasteiger partial charge is 0.494 e. The number of ether oxygens (including phenoxy) is 1. The monoisotopic (exact) mass is 441 g/mol. The minimum atomic E-state index is -0.0379. The van der Waals surface area contributed by atoms with E-state index in [0.717, 1.165) is 53.1 Å². The van der Waals surface area contributed by atoms with Gasteiger partial charge in [0, 0.05) is 25.1 Å². The number of hydrogen-bond acceptors (Lipinski definition) is 3. The van der Waals surface area contributed by atoms with Crippen LogP contribution in [0.3, 0.4) is 0 Å². The van der Waals surface area contributed by atoms with Crippen molar-refractivity contribution in [1.82, 2.24) is 14.9 Å². The lowest BCUT2D eigenvalue weighted by atomic mass is 10.1. The highest BCUT2D eigenvalue weighted by molar-refractivity contribution is 5.95. The number of imidazole rings is 1. The Balaban J connectivity index is 1.33. The highest BCUT2D eigenvalue weighted by atomic mass is 16.5. The molecule has 0 aliphatic heterocycles. The number of amides is 1. The molecule has 1 heterocycles. The summed E-state index contributed by atoms with van der Waals surface area (Å²) in [5.74, 6) is 1.88. The van der Waals surface area contributed by atoms with Gasteiger partial charge in [-0.15, -0.1) is 0 Å². The molecule has 1 aromatic heterocycles. The first-order chi connectivity index (χ1) is 16.1. The van der Waals surface area contributed by atoms with Crippen LogP contribution < -0.4 is 10.1 Å². The van der Waals surface area contributed by atoms with Gasteiger partial charge in [0.1, 0.15) is 11.6 Å². The first kappa shape index (κ1) is 22.6. The Bertz CT molecular complexity index is 1210. The fourth-order valence-electron chi connectivity index (χ4n) is 3.97. The number of carbonyl (C=O) groups is 1. The molecule has 0 radical (unpaired) electrons. The third-order valence-electron chi connectivity index (χ3n) is 5.82. The Morgan fingerprint density at radius 2 is 1.70 bits per heavy atom. The summed E-state index contributed by atoms with van der Waals surface area (Å²) in [4.78, 5) is 17.4. The Hall–Kier alpha value is -3.60. The summed E-state index contributed by atoms with van der Waals surface area (Å²) in [7, 11) is 0. The van der Waals surface area contributed by atoms with E-state index in [1.54, 1.807) is 0 Å². The van der Waals surface area contributed by atoms with E-state index < -0.39 is 0 Å². The van der Waals surface area contributed by atoms with Crippen LogP contribution in [0.4, 0.5) is 0 Å². The van der Waals surface area contributed by atoms with Gasteiger partial charge in [0.05, 0.1) is 17.6 Å². The average molecular weight is 442 g/mol. The fraction of sp³-hybridized carbons (Fsp3) is 0.286. The van der Waals surface area contributed by atoms with Crippen molar-refractivity contribution in [3.63, 3.8) is 0 Å². The third kappa shape index (κ3) is 5.80. The number of benzene rings is 3. The van der Waals surface area contributed by atoms with E-state index in [0.29, 0.717) is 19.6 Å². The topological polar surface area (TPSA) is 56.1 Å². The van der Waals surface area contributed by atoms with Crippen molar-refractivity contribution >= 4 is 16.9 Å². The van der Waals surface area contributed by atoms with E-state index in [2.05, 4.69) is 35.0 Å². The maximum atomic E-state index is 12.5. The standard InChI is InChI=1S/C28H31N3O2/c1-21-13-15-23(16-14-21)33-20-8-7-19-31-26-12-6-5-11-25(26)30-27(31)17-18-29-28(32)24-10-4-3-9-22(24)2/h3-6,9-16H,7-8,17-20H2,1-2H3,(H,29,32). The molecule has 1 amide bonds. The summed E-state index contributed by atoms with van der Waals surface area (Å²) >= 11 is 0. The highest BCUT2D eigenvalue weighted by Gasteiger charge is 2.12.